The fraction of sp³-hybridized carbons (Fsp3) is 0.294. The zero-order valence-electron chi connectivity index (χ0n) is 12.5. The number of rotatable bonds is 5. The maximum absolute atomic E-state index is 6.11. The zero-order chi connectivity index (χ0) is 14.8. The third-order valence-electron chi connectivity index (χ3n) is 3.57. The third-order valence-corrected chi connectivity index (χ3v) is 4.54. The molecular formula is C17H19NO2S. The molecule has 3 nitrogen and oxygen atoms in total. The summed E-state index contributed by atoms with van der Waals surface area (Å²) in [5.41, 5.74) is 2.14. The minimum atomic E-state index is 0.0655. The van der Waals surface area contributed by atoms with E-state index in [1.165, 1.54) is 4.88 Å². The van der Waals surface area contributed by atoms with Crippen molar-refractivity contribution in [2.45, 2.75) is 19.9 Å². The lowest BCUT2D eigenvalue weighted by Gasteiger charge is -2.13. The maximum atomic E-state index is 6.11. The van der Waals surface area contributed by atoms with Gasteiger partial charge < -0.3 is 14.5 Å². The van der Waals surface area contributed by atoms with Crippen molar-refractivity contribution in [3.63, 3.8) is 0 Å². The van der Waals surface area contributed by atoms with Crippen LogP contribution in [0.3, 0.4) is 0 Å². The Balaban J connectivity index is 2.04. The van der Waals surface area contributed by atoms with Crippen molar-refractivity contribution in [2.24, 2.45) is 0 Å². The highest BCUT2D eigenvalue weighted by molar-refractivity contribution is 7.10. The number of para-hydroxylation sites is 1. The van der Waals surface area contributed by atoms with Gasteiger partial charge in [0.05, 0.1) is 7.11 Å². The molecule has 1 unspecified atom stereocenters. The lowest BCUT2D eigenvalue weighted by Crippen LogP contribution is -2.20. The van der Waals surface area contributed by atoms with Crippen molar-refractivity contribution in [3.05, 3.63) is 51.9 Å². The molecule has 0 amide bonds. The van der Waals surface area contributed by atoms with Crippen LogP contribution < -0.4 is 10.1 Å². The predicted molar refractivity (Wildman–Crippen MR) is 87.3 cm³/mol. The molecule has 2 heterocycles. The van der Waals surface area contributed by atoms with E-state index in [-0.39, 0.29) is 6.04 Å². The van der Waals surface area contributed by atoms with Gasteiger partial charge in [0.1, 0.15) is 23.1 Å². The first-order valence-corrected chi connectivity index (χ1v) is 7.95. The Hall–Kier alpha value is -1.78. The highest BCUT2D eigenvalue weighted by Crippen LogP contribution is 2.34. The van der Waals surface area contributed by atoms with Crippen LogP contribution in [0.15, 0.2) is 40.1 Å². The minimum absolute atomic E-state index is 0.0655. The van der Waals surface area contributed by atoms with Crippen LogP contribution in [-0.2, 0) is 0 Å². The molecule has 4 heteroatoms. The Labute approximate surface area is 128 Å². The Bertz CT molecular complexity index is 744. The summed E-state index contributed by atoms with van der Waals surface area (Å²) in [5.74, 6) is 1.84. The fourth-order valence-corrected chi connectivity index (χ4v) is 3.45. The van der Waals surface area contributed by atoms with E-state index in [9.17, 15) is 0 Å². The second-order valence-electron chi connectivity index (χ2n) is 5.02. The zero-order valence-corrected chi connectivity index (χ0v) is 13.3. The maximum Gasteiger partial charge on any atom is 0.137 e. The van der Waals surface area contributed by atoms with Gasteiger partial charge in [-0.3, -0.25) is 0 Å². The lowest BCUT2D eigenvalue weighted by atomic mass is 10.1. The van der Waals surface area contributed by atoms with Crippen molar-refractivity contribution in [3.8, 4) is 5.75 Å². The SMILES string of the molecule is CCNC(c1cc2cccc(C)c2o1)c1cc(OC)cs1. The molecule has 110 valence electrons. The molecule has 0 bridgehead atoms. The van der Waals surface area contributed by atoms with Gasteiger partial charge in [0, 0.05) is 15.6 Å². The number of aryl methyl sites for hydroxylation is 1. The summed E-state index contributed by atoms with van der Waals surface area (Å²) in [4.78, 5) is 1.20. The number of hydrogen-bond acceptors (Lipinski definition) is 4. The van der Waals surface area contributed by atoms with Crippen LogP contribution in [0.5, 0.6) is 5.75 Å². The van der Waals surface area contributed by atoms with E-state index in [0.717, 1.165) is 34.6 Å². The van der Waals surface area contributed by atoms with Crippen LogP contribution in [-0.4, -0.2) is 13.7 Å². The largest absolute Gasteiger partial charge is 0.496 e. The molecule has 2 aromatic heterocycles. The quantitative estimate of drug-likeness (QED) is 0.753. The summed E-state index contributed by atoms with van der Waals surface area (Å²) in [5, 5.41) is 6.67. The second kappa shape index (κ2) is 5.92. The van der Waals surface area contributed by atoms with Crippen LogP contribution in [0.1, 0.15) is 29.2 Å². The Morgan fingerprint density at radius 2 is 2.19 bits per heavy atom. The summed E-state index contributed by atoms with van der Waals surface area (Å²) >= 11 is 1.68. The lowest BCUT2D eigenvalue weighted by molar-refractivity contribution is 0.415. The molecule has 1 N–H and O–H groups in total. The first-order chi connectivity index (χ1) is 10.2. The van der Waals surface area contributed by atoms with Gasteiger partial charge in [-0.25, -0.2) is 0 Å². The highest BCUT2D eigenvalue weighted by Gasteiger charge is 2.20. The van der Waals surface area contributed by atoms with Crippen molar-refractivity contribution < 1.29 is 9.15 Å². The van der Waals surface area contributed by atoms with Crippen LogP contribution in [0, 0.1) is 6.92 Å². The molecule has 0 fully saturated rings. The molecule has 1 atom stereocenters. The van der Waals surface area contributed by atoms with Crippen LogP contribution in [0.25, 0.3) is 11.0 Å². The van der Waals surface area contributed by atoms with Crippen LogP contribution in [0.2, 0.25) is 0 Å². The number of thiophene rings is 1. The van der Waals surface area contributed by atoms with E-state index < -0.39 is 0 Å². The highest BCUT2D eigenvalue weighted by atomic mass is 32.1. The molecule has 0 aliphatic carbocycles. The molecule has 0 saturated carbocycles. The number of ether oxygens (including phenoxy) is 1. The molecule has 0 aliphatic rings. The number of benzene rings is 1. The van der Waals surface area contributed by atoms with Crippen molar-refractivity contribution in [1.29, 1.82) is 0 Å². The predicted octanol–water partition coefficient (Wildman–Crippen LogP) is 4.51. The van der Waals surface area contributed by atoms with Crippen molar-refractivity contribution in [1.82, 2.24) is 5.32 Å². The smallest absolute Gasteiger partial charge is 0.137 e. The molecule has 21 heavy (non-hydrogen) atoms. The number of methoxy groups -OCH3 is 1. The molecule has 0 radical (unpaired) electrons. The molecule has 0 aliphatic heterocycles. The average molecular weight is 301 g/mol. The topological polar surface area (TPSA) is 34.4 Å². The third kappa shape index (κ3) is 2.69. The minimum Gasteiger partial charge on any atom is -0.496 e. The van der Waals surface area contributed by atoms with E-state index in [2.05, 4.69) is 49.5 Å². The van der Waals surface area contributed by atoms with Gasteiger partial charge in [0.25, 0.3) is 0 Å². The molecule has 3 rings (SSSR count). The normalized spacial score (nSPS) is 12.7. The Morgan fingerprint density at radius 3 is 2.86 bits per heavy atom. The van der Waals surface area contributed by atoms with Crippen molar-refractivity contribution >= 4 is 22.3 Å². The van der Waals surface area contributed by atoms with E-state index in [1.54, 1.807) is 18.4 Å². The molecule has 0 saturated heterocycles. The first-order valence-electron chi connectivity index (χ1n) is 7.07. The van der Waals surface area contributed by atoms with E-state index in [0.29, 0.717) is 0 Å². The van der Waals surface area contributed by atoms with Gasteiger partial charge in [-0.05, 0) is 31.2 Å². The van der Waals surface area contributed by atoms with E-state index in [4.69, 9.17) is 9.15 Å². The fourth-order valence-electron chi connectivity index (χ4n) is 2.51. The van der Waals surface area contributed by atoms with Crippen molar-refractivity contribution in [2.75, 3.05) is 13.7 Å². The Kier molecular flexibility index (Phi) is 3.99. The number of nitrogens with one attached hydrogen (secondary N) is 1. The monoisotopic (exact) mass is 301 g/mol. The summed E-state index contributed by atoms with van der Waals surface area (Å²) in [6, 6.07) is 10.5. The molecule has 3 aromatic rings. The standard InChI is InChI=1S/C17H19NO2S/c1-4-18-16(15-9-13(19-3)10-21-15)14-8-12-7-5-6-11(2)17(12)20-14/h5-10,16,18H,4H2,1-3H3. The van der Waals surface area contributed by atoms with Gasteiger partial charge in [-0.2, -0.15) is 0 Å². The van der Waals surface area contributed by atoms with Crippen LogP contribution in [0.4, 0.5) is 0 Å². The number of hydrogen-bond donors (Lipinski definition) is 1. The summed E-state index contributed by atoms with van der Waals surface area (Å²) < 4.78 is 11.4. The van der Waals surface area contributed by atoms with Gasteiger partial charge in [0.2, 0.25) is 0 Å². The summed E-state index contributed by atoms with van der Waals surface area (Å²) in [7, 11) is 1.69. The molecule has 1 aromatic carbocycles. The van der Waals surface area contributed by atoms with Gasteiger partial charge in [-0.15, -0.1) is 11.3 Å². The van der Waals surface area contributed by atoms with Gasteiger partial charge in [-0.1, -0.05) is 25.1 Å². The second-order valence-corrected chi connectivity index (χ2v) is 5.96. The number of furan rings is 1. The van der Waals surface area contributed by atoms with Gasteiger partial charge >= 0.3 is 0 Å². The molecule has 0 spiro atoms. The average Bonchev–Trinajstić information content (AvgIpc) is 3.12. The summed E-state index contributed by atoms with van der Waals surface area (Å²) in [6.45, 7) is 5.05. The molecular weight excluding hydrogens is 282 g/mol. The number of fused-ring (bicyclic) bond motifs is 1. The Morgan fingerprint density at radius 1 is 1.33 bits per heavy atom. The van der Waals surface area contributed by atoms with E-state index >= 15 is 0 Å². The first kappa shape index (κ1) is 14.2. The van der Waals surface area contributed by atoms with Gasteiger partial charge in [0.15, 0.2) is 0 Å². The summed E-state index contributed by atoms with van der Waals surface area (Å²) in [6.07, 6.45) is 0. The van der Waals surface area contributed by atoms with E-state index in [1.807, 2.05) is 5.38 Å². The van der Waals surface area contributed by atoms with Crippen LogP contribution >= 0.6 is 11.3 Å².